The van der Waals surface area contributed by atoms with Crippen LogP contribution in [0.4, 0.5) is 5.82 Å². The van der Waals surface area contributed by atoms with Gasteiger partial charge in [-0.05, 0) is 24.6 Å². The number of amides is 1. The number of aromatic nitrogens is 2. The number of carbonyl (C=O) groups is 1. The fraction of sp³-hybridized carbons (Fsp3) is 0.421. The first-order chi connectivity index (χ1) is 12.6. The van der Waals surface area contributed by atoms with Crippen LogP contribution in [0.2, 0.25) is 0 Å². The monoisotopic (exact) mass is 356 g/mol. The number of nitrogens with zero attached hydrogens (tertiary/aromatic N) is 3. The van der Waals surface area contributed by atoms with Gasteiger partial charge < -0.3 is 19.7 Å². The molecule has 1 aromatic heterocycles. The van der Waals surface area contributed by atoms with Gasteiger partial charge in [-0.25, -0.2) is 9.97 Å². The van der Waals surface area contributed by atoms with E-state index in [9.17, 15) is 4.79 Å². The zero-order valence-corrected chi connectivity index (χ0v) is 15.4. The Balaban J connectivity index is 1.86. The maximum atomic E-state index is 13.1. The number of ether oxygens (including phenoxy) is 2. The maximum Gasteiger partial charge on any atom is 0.254 e. The molecule has 3 rings (SSSR count). The molecule has 2 heterocycles. The van der Waals surface area contributed by atoms with E-state index < -0.39 is 0 Å². The molecule has 0 spiro atoms. The highest BCUT2D eigenvalue weighted by molar-refractivity contribution is 5.94. The fourth-order valence-corrected chi connectivity index (χ4v) is 3.01. The van der Waals surface area contributed by atoms with Gasteiger partial charge in [0.1, 0.15) is 11.9 Å². The van der Waals surface area contributed by atoms with Crippen molar-refractivity contribution in [2.45, 2.75) is 19.6 Å². The summed E-state index contributed by atoms with van der Waals surface area (Å²) in [5.74, 6) is 1.28. The van der Waals surface area contributed by atoms with Crippen LogP contribution in [0.5, 0.6) is 0 Å². The van der Waals surface area contributed by atoms with Crippen molar-refractivity contribution in [3.05, 3.63) is 53.0 Å². The number of carbonyl (C=O) groups excluding carboxylic acids is 1. The number of benzene rings is 1. The molecule has 1 atom stereocenters. The molecule has 1 aromatic carbocycles. The quantitative estimate of drug-likeness (QED) is 0.885. The van der Waals surface area contributed by atoms with Crippen LogP contribution in [0.3, 0.4) is 0 Å². The number of rotatable bonds is 5. The molecule has 7 heteroatoms. The van der Waals surface area contributed by atoms with Gasteiger partial charge in [0.25, 0.3) is 5.91 Å². The topological polar surface area (TPSA) is 76.6 Å². The summed E-state index contributed by atoms with van der Waals surface area (Å²) in [6.07, 6.45) is 0. The van der Waals surface area contributed by atoms with E-state index in [0.29, 0.717) is 37.8 Å². The highest BCUT2D eigenvalue weighted by Gasteiger charge is 2.31. The Morgan fingerprint density at radius 2 is 2.12 bits per heavy atom. The van der Waals surface area contributed by atoms with Crippen molar-refractivity contribution in [1.82, 2.24) is 14.9 Å². The second-order valence-corrected chi connectivity index (χ2v) is 6.22. The Bertz CT molecular complexity index is 764. The van der Waals surface area contributed by atoms with Crippen LogP contribution in [-0.2, 0) is 16.1 Å². The zero-order valence-electron chi connectivity index (χ0n) is 15.4. The minimum atomic E-state index is -0.304. The number of morpholine rings is 1. The van der Waals surface area contributed by atoms with Crippen LogP contribution in [-0.4, -0.2) is 54.7 Å². The minimum Gasteiger partial charge on any atom is -0.380 e. The van der Waals surface area contributed by atoms with Crippen LogP contribution in [0.25, 0.3) is 0 Å². The first kappa shape index (κ1) is 18.3. The van der Waals surface area contributed by atoms with Gasteiger partial charge in [0.15, 0.2) is 5.82 Å². The molecular formula is C19H24N4O3. The average Bonchev–Trinajstić information content (AvgIpc) is 2.68. The van der Waals surface area contributed by atoms with E-state index in [1.807, 2.05) is 44.3 Å². The van der Waals surface area contributed by atoms with Gasteiger partial charge in [0.2, 0.25) is 0 Å². The number of hydrogen-bond acceptors (Lipinski definition) is 6. The van der Waals surface area contributed by atoms with Gasteiger partial charge in [-0.15, -0.1) is 0 Å². The van der Waals surface area contributed by atoms with Gasteiger partial charge >= 0.3 is 0 Å². The number of methoxy groups -OCH3 is 1. The predicted molar refractivity (Wildman–Crippen MR) is 98.1 cm³/mol. The predicted octanol–water partition coefficient (Wildman–Crippen LogP) is 2.19. The van der Waals surface area contributed by atoms with Crippen molar-refractivity contribution < 1.29 is 14.3 Å². The summed E-state index contributed by atoms with van der Waals surface area (Å²) in [5, 5.41) is 3.03. The lowest BCUT2D eigenvalue weighted by Crippen LogP contribution is -2.44. The number of nitrogens with one attached hydrogen (secondary N) is 1. The third-order valence-electron chi connectivity index (χ3n) is 4.33. The molecule has 26 heavy (non-hydrogen) atoms. The van der Waals surface area contributed by atoms with Crippen molar-refractivity contribution in [3.63, 3.8) is 0 Å². The van der Waals surface area contributed by atoms with Crippen LogP contribution in [0, 0.1) is 6.92 Å². The lowest BCUT2D eigenvalue weighted by molar-refractivity contribution is -0.00523. The van der Waals surface area contributed by atoms with Crippen molar-refractivity contribution in [3.8, 4) is 0 Å². The smallest absolute Gasteiger partial charge is 0.254 e. The van der Waals surface area contributed by atoms with Crippen LogP contribution in [0.15, 0.2) is 30.3 Å². The van der Waals surface area contributed by atoms with Crippen molar-refractivity contribution in [2.75, 3.05) is 39.2 Å². The molecule has 1 aliphatic rings. The summed E-state index contributed by atoms with van der Waals surface area (Å²) >= 11 is 0. The molecule has 0 saturated carbocycles. The molecular weight excluding hydrogens is 332 g/mol. The average molecular weight is 356 g/mol. The summed E-state index contributed by atoms with van der Waals surface area (Å²) < 4.78 is 10.7. The van der Waals surface area contributed by atoms with Crippen LogP contribution in [0.1, 0.15) is 33.5 Å². The van der Waals surface area contributed by atoms with E-state index in [2.05, 4.69) is 15.3 Å². The minimum absolute atomic E-state index is 0.0432. The molecule has 1 amide bonds. The van der Waals surface area contributed by atoms with Crippen LogP contribution >= 0.6 is 0 Å². The van der Waals surface area contributed by atoms with Gasteiger partial charge in [0, 0.05) is 38.0 Å². The third-order valence-corrected chi connectivity index (χ3v) is 4.33. The summed E-state index contributed by atoms with van der Waals surface area (Å²) in [4.78, 5) is 23.9. The Labute approximate surface area is 153 Å². The fourth-order valence-electron chi connectivity index (χ4n) is 3.01. The number of hydrogen-bond donors (Lipinski definition) is 1. The van der Waals surface area contributed by atoms with E-state index in [0.717, 1.165) is 17.1 Å². The maximum absolute atomic E-state index is 13.1. The van der Waals surface area contributed by atoms with Crippen molar-refractivity contribution in [1.29, 1.82) is 0 Å². The highest BCUT2D eigenvalue weighted by Crippen LogP contribution is 2.25. The van der Waals surface area contributed by atoms with E-state index in [1.54, 1.807) is 12.0 Å². The SMILES string of the molecule is CNc1cc(C)nc([C@@H]2COCCN2C(=O)c2ccc(COC)cc2)n1. The van der Waals surface area contributed by atoms with Crippen molar-refractivity contribution >= 4 is 11.7 Å². The Hall–Kier alpha value is -2.51. The van der Waals surface area contributed by atoms with Crippen LogP contribution < -0.4 is 5.32 Å². The normalized spacial score (nSPS) is 17.2. The van der Waals surface area contributed by atoms with Gasteiger partial charge in [0.05, 0.1) is 19.8 Å². The summed E-state index contributed by atoms with van der Waals surface area (Å²) in [6.45, 7) is 3.85. The molecule has 2 aromatic rings. The van der Waals surface area contributed by atoms with E-state index in [1.165, 1.54) is 0 Å². The molecule has 7 nitrogen and oxygen atoms in total. The third kappa shape index (κ3) is 4.00. The Morgan fingerprint density at radius 3 is 2.81 bits per heavy atom. The zero-order chi connectivity index (χ0) is 18.5. The molecule has 0 bridgehead atoms. The first-order valence-electron chi connectivity index (χ1n) is 8.62. The molecule has 1 aliphatic heterocycles. The molecule has 0 unspecified atom stereocenters. The van der Waals surface area contributed by atoms with Crippen molar-refractivity contribution in [2.24, 2.45) is 0 Å². The van der Waals surface area contributed by atoms with E-state index >= 15 is 0 Å². The van der Waals surface area contributed by atoms with E-state index in [4.69, 9.17) is 9.47 Å². The highest BCUT2D eigenvalue weighted by atomic mass is 16.5. The molecule has 1 N–H and O–H groups in total. The molecule has 138 valence electrons. The lowest BCUT2D eigenvalue weighted by Gasteiger charge is -2.35. The lowest BCUT2D eigenvalue weighted by atomic mass is 10.1. The van der Waals surface area contributed by atoms with Gasteiger partial charge in [-0.1, -0.05) is 12.1 Å². The summed E-state index contributed by atoms with van der Waals surface area (Å²) in [6, 6.07) is 9.05. The summed E-state index contributed by atoms with van der Waals surface area (Å²) in [7, 11) is 3.46. The Kier molecular flexibility index (Phi) is 5.80. The molecule has 1 saturated heterocycles. The van der Waals surface area contributed by atoms with E-state index in [-0.39, 0.29) is 11.9 Å². The van der Waals surface area contributed by atoms with Gasteiger partial charge in [-0.2, -0.15) is 0 Å². The number of aryl methyl sites for hydroxylation is 1. The van der Waals surface area contributed by atoms with Gasteiger partial charge in [-0.3, -0.25) is 4.79 Å². The first-order valence-corrected chi connectivity index (χ1v) is 8.62. The summed E-state index contributed by atoms with van der Waals surface area (Å²) in [5.41, 5.74) is 2.52. The Morgan fingerprint density at radius 1 is 1.35 bits per heavy atom. The second-order valence-electron chi connectivity index (χ2n) is 6.22. The second kappa shape index (κ2) is 8.25. The standard InChI is InChI=1S/C19H24N4O3/c1-13-10-17(20-2)22-18(21-13)16-12-26-9-8-23(16)19(24)15-6-4-14(5-7-15)11-25-3/h4-7,10,16H,8-9,11-12H2,1-3H3,(H,20,21,22)/t16-/m0/s1. The molecule has 0 radical (unpaired) electrons. The molecule has 1 fully saturated rings. The number of anilines is 1. The molecule has 0 aliphatic carbocycles. The largest absolute Gasteiger partial charge is 0.380 e.